The highest BCUT2D eigenvalue weighted by molar-refractivity contribution is 5.95. The molecule has 0 N–H and O–H groups in total. The van der Waals surface area contributed by atoms with Gasteiger partial charge in [-0.15, -0.1) is 0 Å². The molecule has 5 rings (SSSR count). The molecule has 2 aromatic carbocycles. The third-order valence-corrected chi connectivity index (χ3v) is 6.26. The molecule has 2 aromatic heterocycles. The molecule has 0 spiro atoms. The number of likely N-dealkylation sites (tertiary alicyclic amines) is 1. The van der Waals surface area contributed by atoms with Crippen molar-refractivity contribution in [3.8, 4) is 11.6 Å². The molecule has 1 saturated heterocycles. The minimum atomic E-state index is 0.0486. The second-order valence-corrected chi connectivity index (χ2v) is 8.51. The second-order valence-electron chi connectivity index (χ2n) is 8.51. The van der Waals surface area contributed by atoms with E-state index in [2.05, 4.69) is 19.5 Å². The van der Waals surface area contributed by atoms with Crippen LogP contribution in [0, 0.1) is 6.92 Å². The monoisotopic (exact) mass is 453 g/mol. The summed E-state index contributed by atoms with van der Waals surface area (Å²) in [6.07, 6.45) is 8.89. The Kier molecular flexibility index (Phi) is 6.33. The lowest BCUT2D eigenvalue weighted by Crippen LogP contribution is -2.39. The smallest absolute Gasteiger partial charge is 0.254 e. The van der Waals surface area contributed by atoms with Crippen LogP contribution in [0.2, 0.25) is 0 Å². The van der Waals surface area contributed by atoms with Gasteiger partial charge in [-0.05, 0) is 43.5 Å². The van der Waals surface area contributed by atoms with E-state index in [1.165, 1.54) is 0 Å². The Labute approximate surface area is 199 Å². The number of carbonyl (C=O) groups is 1. The zero-order valence-electron chi connectivity index (χ0n) is 19.2. The normalized spacial score (nSPS) is 15.8. The number of amides is 1. The fourth-order valence-electron chi connectivity index (χ4n) is 4.47. The number of aryl methyl sites for hydroxylation is 1. The van der Waals surface area contributed by atoms with Crippen LogP contribution < -0.4 is 4.74 Å². The maximum atomic E-state index is 13.6. The van der Waals surface area contributed by atoms with Crippen molar-refractivity contribution in [2.45, 2.75) is 32.2 Å². The van der Waals surface area contributed by atoms with Gasteiger partial charge in [-0.1, -0.05) is 36.4 Å². The molecule has 1 amide bonds. The number of para-hydroxylation sites is 1. The van der Waals surface area contributed by atoms with E-state index in [4.69, 9.17) is 4.74 Å². The van der Waals surface area contributed by atoms with E-state index in [0.717, 1.165) is 47.8 Å². The number of aromatic nitrogens is 4. The Bertz CT molecular complexity index is 1270. The number of nitrogens with zero attached hydrogens (tertiary/aromatic N) is 5. The molecule has 0 aliphatic carbocycles. The summed E-state index contributed by atoms with van der Waals surface area (Å²) in [6.45, 7) is 3.89. The number of imidazole rings is 1. The summed E-state index contributed by atoms with van der Waals surface area (Å²) in [5.74, 6) is 2.26. The average Bonchev–Trinajstić information content (AvgIpc) is 3.29. The summed E-state index contributed by atoms with van der Waals surface area (Å²) < 4.78 is 8.10. The van der Waals surface area contributed by atoms with Gasteiger partial charge in [0.15, 0.2) is 0 Å². The zero-order valence-corrected chi connectivity index (χ0v) is 19.2. The predicted molar refractivity (Wildman–Crippen MR) is 129 cm³/mol. The van der Waals surface area contributed by atoms with Crippen LogP contribution in [-0.2, 0) is 6.54 Å². The highest BCUT2D eigenvalue weighted by atomic mass is 16.5. The van der Waals surface area contributed by atoms with E-state index >= 15 is 0 Å². The van der Waals surface area contributed by atoms with E-state index in [-0.39, 0.29) is 11.8 Å². The minimum absolute atomic E-state index is 0.0486. The lowest BCUT2D eigenvalue weighted by molar-refractivity contribution is 0.0703. The molecular formula is C27H27N5O2. The van der Waals surface area contributed by atoms with Crippen LogP contribution in [0.25, 0.3) is 0 Å². The van der Waals surface area contributed by atoms with Gasteiger partial charge in [-0.2, -0.15) is 0 Å². The first-order chi connectivity index (χ1) is 16.7. The number of benzene rings is 2. The van der Waals surface area contributed by atoms with Crippen LogP contribution in [0.1, 0.15) is 46.2 Å². The van der Waals surface area contributed by atoms with Crippen LogP contribution in [0.4, 0.5) is 0 Å². The lowest BCUT2D eigenvalue weighted by atomic mass is 9.93. The summed E-state index contributed by atoms with van der Waals surface area (Å²) in [4.78, 5) is 28.9. The number of rotatable bonds is 6. The Morgan fingerprint density at radius 1 is 1.00 bits per heavy atom. The second kappa shape index (κ2) is 9.87. The molecule has 1 fully saturated rings. The average molecular weight is 454 g/mol. The van der Waals surface area contributed by atoms with Crippen molar-refractivity contribution in [2.24, 2.45) is 0 Å². The predicted octanol–water partition coefficient (Wildman–Crippen LogP) is 4.84. The Morgan fingerprint density at radius 3 is 2.62 bits per heavy atom. The van der Waals surface area contributed by atoms with Crippen LogP contribution in [0.5, 0.6) is 11.6 Å². The molecule has 0 unspecified atom stereocenters. The molecule has 34 heavy (non-hydrogen) atoms. The number of carbonyl (C=O) groups excluding carboxylic acids is 1. The molecule has 0 saturated carbocycles. The Morgan fingerprint density at radius 2 is 1.79 bits per heavy atom. The Hall–Kier alpha value is -4.00. The minimum Gasteiger partial charge on any atom is -0.437 e. The quantitative estimate of drug-likeness (QED) is 0.418. The van der Waals surface area contributed by atoms with Crippen LogP contribution in [-0.4, -0.2) is 43.4 Å². The molecule has 0 radical (unpaired) electrons. The molecule has 7 nitrogen and oxygen atoms in total. The topological polar surface area (TPSA) is 73.1 Å². The summed E-state index contributed by atoms with van der Waals surface area (Å²) in [6, 6.07) is 17.4. The van der Waals surface area contributed by atoms with E-state index in [1.807, 2.05) is 72.6 Å². The molecule has 1 aliphatic rings. The van der Waals surface area contributed by atoms with E-state index in [0.29, 0.717) is 19.0 Å². The fourth-order valence-corrected chi connectivity index (χ4v) is 4.47. The zero-order chi connectivity index (χ0) is 23.3. The van der Waals surface area contributed by atoms with Gasteiger partial charge in [-0.3, -0.25) is 9.78 Å². The van der Waals surface area contributed by atoms with E-state index < -0.39 is 0 Å². The van der Waals surface area contributed by atoms with Gasteiger partial charge in [0, 0.05) is 55.9 Å². The van der Waals surface area contributed by atoms with Crippen LogP contribution >= 0.6 is 0 Å². The van der Waals surface area contributed by atoms with Gasteiger partial charge in [-0.25, -0.2) is 9.97 Å². The summed E-state index contributed by atoms with van der Waals surface area (Å²) >= 11 is 0. The largest absolute Gasteiger partial charge is 0.437 e. The van der Waals surface area contributed by atoms with Gasteiger partial charge in [0.2, 0.25) is 5.88 Å². The highest BCUT2D eigenvalue weighted by Gasteiger charge is 2.29. The number of hydrogen-bond donors (Lipinski definition) is 0. The first kappa shape index (κ1) is 21.8. The summed E-state index contributed by atoms with van der Waals surface area (Å²) in [5.41, 5.74) is 2.52. The van der Waals surface area contributed by atoms with Crippen LogP contribution in [0.15, 0.2) is 79.4 Å². The number of piperidine rings is 1. The number of ether oxygens (including phenoxy) is 1. The summed E-state index contributed by atoms with van der Waals surface area (Å²) in [5, 5.41) is 0. The van der Waals surface area contributed by atoms with Crippen molar-refractivity contribution in [3.05, 3.63) is 102 Å². The fraction of sp³-hybridized carbons (Fsp3) is 0.259. The lowest BCUT2D eigenvalue weighted by Gasteiger charge is -2.33. The molecule has 1 aliphatic heterocycles. The summed E-state index contributed by atoms with van der Waals surface area (Å²) in [7, 11) is 0. The molecule has 3 heterocycles. The first-order valence-electron chi connectivity index (χ1n) is 11.6. The van der Waals surface area contributed by atoms with Gasteiger partial charge < -0.3 is 14.2 Å². The van der Waals surface area contributed by atoms with Crippen molar-refractivity contribution >= 4 is 5.91 Å². The maximum Gasteiger partial charge on any atom is 0.254 e. The molecule has 172 valence electrons. The first-order valence-corrected chi connectivity index (χ1v) is 11.6. The molecule has 4 aromatic rings. The third kappa shape index (κ3) is 4.69. The van der Waals surface area contributed by atoms with Crippen molar-refractivity contribution in [3.63, 3.8) is 0 Å². The van der Waals surface area contributed by atoms with Gasteiger partial charge >= 0.3 is 0 Å². The maximum absolute atomic E-state index is 13.6. The van der Waals surface area contributed by atoms with Gasteiger partial charge in [0.25, 0.3) is 5.91 Å². The molecule has 1 atom stereocenters. The van der Waals surface area contributed by atoms with Crippen LogP contribution in [0.3, 0.4) is 0 Å². The Balaban J connectivity index is 1.36. The highest BCUT2D eigenvalue weighted by Crippen LogP contribution is 2.33. The SMILES string of the molecule is Cc1nccn1Cc1ccccc1C(=O)N1CCC[C@H](c2nccnc2Oc2ccccc2)C1. The standard InChI is InChI=1S/C27H27N5O2/c1-20-28-15-17-31(20)18-21-8-5-6-12-24(21)27(33)32-16-7-9-22(19-32)25-26(30-14-13-29-25)34-23-10-3-2-4-11-23/h2-6,8,10-15,17,22H,7,9,16,18-19H2,1H3/t22-/m0/s1. The van der Waals surface area contributed by atoms with Crippen molar-refractivity contribution < 1.29 is 9.53 Å². The van der Waals surface area contributed by atoms with Crippen molar-refractivity contribution in [1.29, 1.82) is 0 Å². The number of hydrogen-bond acceptors (Lipinski definition) is 5. The van der Waals surface area contributed by atoms with Crippen molar-refractivity contribution in [1.82, 2.24) is 24.4 Å². The van der Waals surface area contributed by atoms with Gasteiger partial charge in [0.05, 0.1) is 0 Å². The van der Waals surface area contributed by atoms with Gasteiger partial charge in [0.1, 0.15) is 17.3 Å². The molecular weight excluding hydrogens is 426 g/mol. The molecule has 0 bridgehead atoms. The van der Waals surface area contributed by atoms with E-state index in [9.17, 15) is 4.79 Å². The van der Waals surface area contributed by atoms with Crippen molar-refractivity contribution in [2.75, 3.05) is 13.1 Å². The van der Waals surface area contributed by atoms with E-state index in [1.54, 1.807) is 18.6 Å². The molecule has 7 heteroatoms. The third-order valence-electron chi connectivity index (χ3n) is 6.26.